The van der Waals surface area contributed by atoms with Crippen LogP contribution in [0.4, 0.5) is 11.4 Å². The van der Waals surface area contributed by atoms with Crippen LogP contribution >= 0.6 is 11.6 Å². The van der Waals surface area contributed by atoms with E-state index in [9.17, 15) is 14.9 Å². The van der Waals surface area contributed by atoms with E-state index < -0.39 is 10.8 Å². The number of benzene rings is 1. The van der Waals surface area contributed by atoms with Crippen molar-refractivity contribution >= 4 is 28.9 Å². The van der Waals surface area contributed by atoms with E-state index in [0.29, 0.717) is 0 Å². The minimum absolute atomic E-state index is 0.0293. The van der Waals surface area contributed by atoms with Crippen LogP contribution in [0.1, 0.15) is 36.0 Å². The van der Waals surface area contributed by atoms with E-state index in [1.165, 1.54) is 11.6 Å². The third-order valence-electron chi connectivity index (χ3n) is 5.00. The van der Waals surface area contributed by atoms with Crippen molar-refractivity contribution in [3.8, 4) is 0 Å². The number of hydrogen-bond donors (Lipinski definition) is 2. The molecule has 2 aliphatic rings. The second kappa shape index (κ2) is 8.54. The molecule has 0 saturated carbocycles. The van der Waals surface area contributed by atoms with Gasteiger partial charge in [-0.2, -0.15) is 0 Å². The Bertz CT molecular complexity index is 798. The molecule has 0 spiro atoms. The lowest BCUT2D eigenvalue weighted by Gasteiger charge is -2.33. The number of nitrogen functional groups attached to an aromatic ring is 1. The van der Waals surface area contributed by atoms with E-state index >= 15 is 0 Å². The van der Waals surface area contributed by atoms with Crippen LogP contribution in [-0.2, 0) is 0 Å². The lowest BCUT2D eigenvalue weighted by Crippen LogP contribution is -2.45. The maximum Gasteiger partial charge on any atom is 0.293 e. The molecule has 0 bridgehead atoms. The van der Waals surface area contributed by atoms with E-state index in [1.807, 2.05) is 0 Å². The molecule has 0 unspecified atom stereocenters. The molecule has 27 heavy (non-hydrogen) atoms. The zero-order chi connectivity index (χ0) is 19.4. The minimum atomic E-state index is -0.615. The van der Waals surface area contributed by atoms with Crippen molar-refractivity contribution in [2.75, 3.05) is 25.4 Å². The Morgan fingerprint density at radius 1 is 1.33 bits per heavy atom. The molecule has 7 nitrogen and oxygen atoms in total. The molecule has 0 aromatic heterocycles. The Balaban J connectivity index is 1.56. The number of nitrogens with two attached hydrogens (primary N) is 1. The van der Waals surface area contributed by atoms with Crippen LogP contribution in [0, 0.1) is 10.1 Å². The van der Waals surface area contributed by atoms with Gasteiger partial charge in [0.15, 0.2) is 0 Å². The number of nitrogens with one attached hydrogen (secondary N) is 1. The predicted molar refractivity (Wildman–Crippen MR) is 106 cm³/mol. The highest BCUT2D eigenvalue weighted by Crippen LogP contribution is 2.29. The Hall–Kier alpha value is -2.38. The molecule has 1 aromatic carbocycles. The summed E-state index contributed by atoms with van der Waals surface area (Å²) in [6.45, 7) is 2.78. The van der Waals surface area contributed by atoms with Gasteiger partial charge in [-0.3, -0.25) is 19.8 Å². The van der Waals surface area contributed by atoms with E-state index in [0.717, 1.165) is 51.4 Å². The van der Waals surface area contributed by atoms with Crippen LogP contribution in [0.15, 0.2) is 35.9 Å². The zero-order valence-corrected chi connectivity index (χ0v) is 15.7. The van der Waals surface area contributed by atoms with Crippen molar-refractivity contribution in [3.63, 3.8) is 0 Å². The predicted octanol–water partition coefficient (Wildman–Crippen LogP) is 3.30. The van der Waals surface area contributed by atoms with Gasteiger partial charge in [-0.1, -0.05) is 35.4 Å². The van der Waals surface area contributed by atoms with Crippen LogP contribution in [0.3, 0.4) is 0 Å². The first-order valence-electron chi connectivity index (χ1n) is 9.03. The molecule has 1 saturated heterocycles. The van der Waals surface area contributed by atoms with Gasteiger partial charge in [0.25, 0.3) is 11.6 Å². The van der Waals surface area contributed by atoms with Crippen molar-refractivity contribution in [1.82, 2.24) is 10.2 Å². The van der Waals surface area contributed by atoms with E-state index in [-0.39, 0.29) is 28.0 Å². The first kappa shape index (κ1) is 19.4. The van der Waals surface area contributed by atoms with Crippen LogP contribution in [0.25, 0.3) is 0 Å². The number of allylic oxidation sites excluding steroid dienone is 3. The van der Waals surface area contributed by atoms with Gasteiger partial charge in [-0.25, -0.2) is 0 Å². The highest BCUT2D eigenvalue weighted by Gasteiger charge is 2.24. The second-order valence-electron chi connectivity index (χ2n) is 6.95. The quantitative estimate of drug-likeness (QED) is 0.347. The summed E-state index contributed by atoms with van der Waals surface area (Å²) in [5.74, 6) is -0.401. The van der Waals surface area contributed by atoms with E-state index in [1.54, 1.807) is 0 Å². The SMILES string of the molecule is Nc1cc(Cl)c(C(=O)NC2CCN(CC3=CCC=CC3)CC2)cc1[N+](=O)[O-]. The van der Waals surface area contributed by atoms with Crippen LogP contribution in [0.2, 0.25) is 5.02 Å². The van der Waals surface area contributed by atoms with Gasteiger partial charge in [0.05, 0.1) is 15.5 Å². The first-order chi connectivity index (χ1) is 12.9. The fraction of sp³-hybridized carbons (Fsp3) is 0.421. The van der Waals surface area contributed by atoms with Crippen LogP contribution < -0.4 is 11.1 Å². The number of nitro benzene ring substituents is 1. The molecule has 0 atom stereocenters. The Kier molecular flexibility index (Phi) is 6.13. The molecule has 144 valence electrons. The third kappa shape index (κ3) is 4.87. The number of carbonyl (C=O) groups is 1. The Morgan fingerprint density at radius 3 is 2.70 bits per heavy atom. The summed E-state index contributed by atoms with van der Waals surface area (Å²) in [5, 5.41) is 14.1. The van der Waals surface area contributed by atoms with Gasteiger partial charge in [0.1, 0.15) is 5.69 Å². The second-order valence-corrected chi connectivity index (χ2v) is 7.35. The molecule has 1 amide bonds. The van der Waals surface area contributed by atoms with Crippen molar-refractivity contribution in [3.05, 3.63) is 56.6 Å². The summed E-state index contributed by atoms with van der Waals surface area (Å²) in [5.41, 5.74) is 6.76. The Labute approximate surface area is 163 Å². The molecule has 1 aliphatic heterocycles. The maximum atomic E-state index is 12.5. The molecular formula is C19H23ClN4O3. The first-order valence-corrected chi connectivity index (χ1v) is 9.41. The minimum Gasteiger partial charge on any atom is -0.393 e. The molecule has 3 N–H and O–H groups in total. The topological polar surface area (TPSA) is 102 Å². The molecule has 1 aliphatic carbocycles. The summed E-state index contributed by atoms with van der Waals surface area (Å²) >= 11 is 6.07. The summed E-state index contributed by atoms with van der Waals surface area (Å²) in [7, 11) is 0. The van der Waals surface area contributed by atoms with Crippen molar-refractivity contribution in [2.24, 2.45) is 0 Å². The summed E-state index contributed by atoms with van der Waals surface area (Å²) in [6, 6.07) is 2.43. The van der Waals surface area contributed by atoms with Gasteiger partial charge in [0.2, 0.25) is 0 Å². The molecule has 3 rings (SSSR count). The number of rotatable bonds is 5. The lowest BCUT2D eigenvalue weighted by molar-refractivity contribution is -0.383. The Morgan fingerprint density at radius 2 is 2.07 bits per heavy atom. The normalized spacial score (nSPS) is 18.2. The smallest absolute Gasteiger partial charge is 0.293 e. The molecule has 1 heterocycles. The summed E-state index contributed by atoms with van der Waals surface area (Å²) in [6.07, 6.45) is 10.4. The summed E-state index contributed by atoms with van der Waals surface area (Å²) in [4.78, 5) is 25.3. The van der Waals surface area contributed by atoms with Crippen LogP contribution in [0.5, 0.6) is 0 Å². The largest absolute Gasteiger partial charge is 0.393 e. The number of nitro groups is 1. The highest BCUT2D eigenvalue weighted by molar-refractivity contribution is 6.34. The lowest BCUT2D eigenvalue weighted by atomic mass is 10.0. The van der Waals surface area contributed by atoms with Crippen LogP contribution in [-0.4, -0.2) is 41.4 Å². The van der Waals surface area contributed by atoms with Crippen molar-refractivity contribution < 1.29 is 9.72 Å². The summed E-state index contributed by atoms with van der Waals surface area (Å²) < 4.78 is 0. The van der Waals surface area contributed by atoms with Gasteiger partial charge in [0, 0.05) is 31.7 Å². The standard InChI is InChI=1S/C19H23ClN4O3/c20-16-11-17(21)18(24(26)27)10-15(16)19(25)22-14-6-8-23(9-7-14)12-13-4-2-1-3-5-13/h1-2,5,10-11,14H,3-4,6-9,12,21H2,(H,22,25). The van der Waals surface area contributed by atoms with Gasteiger partial charge in [-0.05, 0) is 31.7 Å². The number of hydrogen-bond acceptors (Lipinski definition) is 5. The number of halogens is 1. The number of likely N-dealkylation sites (tertiary alicyclic amines) is 1. The molecule has 1 aromatic rings. The number of nitrogens with zero attached hydrogens (tertiary/aromatic N) is 2. The van der Waals surface area contributed by atoms with Gasteiger partial charge < -0.3 is 11.1 Å². The molecule has 8 heteroatoms. The average molecular weight is 391 g/mol. The molecular weight excluding hydrogens is 368 g/mol. The van der Waals surface area contributed by atoms with E-state index in [4.69, 9.17) is 17.3 Å². The van der Waals surface area contributed by atoms with Crippen molar-refractivity contribution in [2.45, 2.75) is 31.7 Å². The zero-order valence-electron chi connectivity index (χ0n) is 15.0. The number of anilines is 1. The number of piperidine rings is 1. The third-order valence-corrected chi connectivity index (χ3v) is 5.31. The fourth-order valence-corrected chi connectivity index (χ4v) is 3.73. The number of amides is 1. The number of carbonyl (C=O) groups excluding carboxylic acids is 1. The highest BCUT2D eigenvalue weighted by atomic mass is 35.5. The fourth-order valence-electron chi connectivity index (χ4n) is 3.47. The van der Waals surface area contributed by atoms with Gasteiger partial charge in [-0.15, -0.1) is 0 Å². The van der Waals surface area contributed by atoms with E-state index in [2.05, 4.69) is 28.4 Å². The molecule has 0 radical (unpaired) electrons. The molecule has 1 fully saturated rings. The van der Waals surface area contributed by atoms with Gasteiger partial charge >= 0.3 is 0 Å². The maximum absolute atomic E-state index is 12.5. The van der Waals surface area contributed by atoms with Crippen molar-refractivity contribution in [1.29, 1.82) is 0 Å². The monoisotopic (exact) mass is 390 g/mol. The average Bonchev–Trinajstić information content (AvgIpc) is 2.64.